The SMILES string of the molecule is CC(C)CNCc1ccc(CN(C)Cc2ccsc2)nc1. The van der Waals surface area contributed by atoms with Gasteiger partial charge in [0.25, 0.3) is 0 Å². The number of hydrogen-bond donors (Lipinski definition) is 1. The summed E-state index contributed by atoms with van der Waals surface area (Å²) in [5, 5.41) is 7.77. The maximum Gasteiger partial charge on any atom is 0.0544 e. The molecule has 0 radical (unpaired) electrons. The van der Waals surface area contributed by atoms with Crippen LogP contribution in [0.2, 0.25) is 0 Å². The van der Waals surface area contributed by atoms with E-state index in [2.05, 4.69) is 65.1 Å². The van der Waals surface area contributed by atoms with Crippen LogP contribution in [0.4, 0.5) is 0 Å². The molecule has 0 unspecified atom stereocenters. The van der Waals surface area contributed by atoms with Gasteiger partial charge in [-0.3, -0.25) is 9.88 Å². The van der Waals surface area contributed by atoms with Crippen LogP contribution < -0.4 is 5.32 Å². The zero-order chi connectivity index (χ0) is 15.1. The molecule has 0 amide bonds. The molecule has 0 fully saturated rings. The van der Waals surface area contributed by atoms with Crippen molar-refractivity contribution in [2.24, 2.45) is 5.92 Å². The van der Waals surface area contributed by atoms with Gasteiger partial charge < -0.3 is 5.32 Å². The van der Waals surface area contributed by atoms with E-state index in [1.807, 2.05) is 6.20 Å². The summed E-state index contributed by atoms with van der Waals surface area (Å²) in [6, 6.07) is 6.49. The Morgan fingerprint density at radius 2 is 2.05 bits per heavy atom. The first-order valence-electron chi connectivity index (χ1n) is 7.47. The van der Waals surface area contributed by atoms with Crippen molar-refractivity contribution in [3.63, 3.8) is 0 Å². The molecule has 2 aromatic heterocycles. The molecule has 0 aromatic carbocycles. The molecule has 0 saturated heterocycles. The van der Waals surface area contributed by atoms with E-state index in [4.69, 9.17) is 0 Å². The number of thiophene rings is 1. The van der Waals surface area contributed by atoms with Gasteiger partial charge >= 0.3 is 0 Å². The number of rotatable bonds is 8. The van der Waals surface area contributed by atoms with Gasteiger partial charge in [0, 0.05) is 25.8 Å². The van der Waals surface area contributed by atoms with Crippen molar-refractivity contribution in [3.05, 3.63) is 52.0 Å². The van der Waals surface area contributed by atoms with Gasteiger partial charge in [-0.15, -0.1) is 0 Å². The molecule has 3 nitrogen and oxygen atoms in total. The monoisotopic (exact) mass is 303 g/mol. The Bertz CT molecular complexity index is 505. The third-order valence-electron chi connectivity index (χ3n) is 3.23. The first-order chi connectivity index (χ1) is 10.1. The van der Waals surface area contributed by atoms with Crippen LogP contribution in [0.25, 0.3) is 0 Å². The smallest absolute Gasteiger partial charge is 0.0544 e. The third-order valence-corrected chi connectivity index (χ3v) is 3.96. The number of pyridine rings is 1. The summed E-state index contributed by atoms with van der Waals surface area (Å²) in [7, 11) is 2.14. The van der Waals surface area contributed by atoms with Crippen molar-refractivity contribution >= 4 is 11.3 Å². The number of aromatic nitrogens is 1. The van der Waals surface area contributed by atoms with Crippen molar-refractivity contribution in [2.75, 3.05) is 13.6 Å². The lowest BCUT2D eigenvalue weighted by Crippen LogP contribution is -2.19. The summed E-state index contributed by atoms with van der Waals surface area (Å²) in [6.45, 7) is 8.25. The fourth-order valence-electron chi connectivity index (χ4n) is 2.19. The second-order valence-electron chi connectivity index (χ2n) is 5.99. The van der Waals surface area contributed by atoms with Gasteiger partial charge in [0.2, 0.25) is 0 Å². The summed E-state index contributed by atoms with van der Waals surface area (Å²) >= 11 is 1.75. The molecule has 0 aliphatic heterocycles. The average Bonchev–Trinajstić information content (AvgIpc) is 2.93. The van der Waals surface area contributed by atoms with E-state index >= 15 is 0 Å². The molecule has 0 spiro atoms. The van der Waals surface area contributed by atoms with Gasteiger partial charge in [-0.05, 0) is 53.5 Å². The standard InChI is InChI=1S/C17H25N3S/c1-14(2)8-18-9-15-4-5-17(19-10-15)12-20(3)11-16-6-7-21-13-16/h4-7,10,13-14,18H,8-9,11-12H2,1-3H3. The van der Waals surface area contributed by atoms with Gasteiger partial charge in [0.15, 0.2) is 0 Å². The quantitative estimate of drug-likeness (QED) is 0.809. The Balaban J connectivity index is 1.78. The summed E-state index contributed by atoms with van der Waals surface area (Å²) in [5.41, 5.74) is 3.75. The molecule has 2 heterocycles. The Hall–Kier alpha value is -1.23. The average molecular weight is 303 g/mol. The van der Waals surface area contributed by atoms with Gasteiger partial charge in [-0.1, -0.05) is 19.9 Å². The van der Waals surface area contributed by atoms with Crippen molar-refractivity contribution in [1.29, 1.82) is 0 Å². The molecule has 114 valence electrons. The molecule has 0 atom stereocenters. The molecule has 0 aliphatic rings. The summed E-state index contributed by atoms with van der Waals surface area (Å²) in [5.74, 6) is 0.683. The van der Waals surface area contributed by atoms with E-state index in [1.54, 1.807) is 11.3 Å². The highest BCUT2D eigenvalue weighted by Crippen LogP contribution is 2.10. The van der Waals surface area contributed by atoms with Crippen LogP contribution in [0, 0.1) is 5.92 Å². The van der Waals surface area contributed by atoms with Gasteiger partial charge in [-0.2, -0.15) is 11.3 Å². The highest BCUT2D eigenvalue weighted by molar-refractivity contribution is 7.07. The summed E-state index contributed by atoms with van der Waals surface area (Å²) in [6.07, 6.45) is 1.99. The molecule has 0 bridgehead atoms. The van der Waals surface area contributed by atoms with Crippen LogP contribution in [-0.2, 0) is 19.6 Å². The highest BCUT2D eigenvalue weighted by atomic mass is 32.1. The first kappa shape index (κ1) is 16.1. The molecule has 0 aliphatic carbocycles. The maximum atomic E-state index is 4.57. The van der Waals surface area contributed by atoms with E-state index in [9.17, 15) is 0 Å². The van der Waals surface area contributed by atoms with Crippen molar-refractivity contribution in [3.8, 4) is 0 Å². The van der Waals surface area contributed by atoms with Crippen LogP contribution in [0.3, 0.4) is 0 Å². The molecular weight excluding hydrogens is 278 g/mol. The zero-order valence-corrected chi connectivity index (χ0v) is 14.0. The lowest BCUT2D eigenvalue weighted by atomic mass is 10.2. The minimum atomic E-state index is 0.683. The van der Waals surface area contributed by atoms with E-state index in [0.717, 1.165) is 31.9 Å². The van der Waals surface area contributed by atoms with Gasteiger partial charge in [-0.25, -0.2) is 0 Å². The molecule has 2 rings (SSSR count). The lowest BCUT2D eigenvalue weighted by Gasteiger charge is -2.15. The molecule has 2 aromatic rings. The highest BCUT2D eigenvalue weighted by Gasteiger charge is 2.04. The maximum absolute atomic E-state index is 4.57. The second kappa shape index (κ2) is 8.27. The fourth-order valence-corrected chi connectivity index (χ4v) is 2.84. The van der Waals surface area contributed by atoms with Gasteiger partial charge in [0.05, 0.1) is 5.69 Å². The molecule has 1 N–H and O–H groups in total. The van der Waals surface area contributed by atoms with Crippen LogP contribution in [0.1, 0.15) is 30.7 Å². The number of hydrogen-bond acceptors (Lipinski definition) is 4. The Morgan fingerprint density at radius 3 is 2.67 bits per heavy atom. The summed E-state index contributed by atoms with van der Waals surface area (Å²) in [4.78, 5) is 6.86. The Morgan fingerprint density at radius 1 is 1.19 bits per heavy atom. The van der Waals surface area contributed by atoms with E-state index < -0.39 is 0 Å². The largest absolute Gasteiger partial charge is 0.312 e. The second-order valence-corrected chi connectivity index (χ2v) is 6.77. The minimum absolute atomic E-state index is 0.683. The molecule has 21 heavy (non-hydrogen) atoms. The lowest BCUT2D eigenvalue weighted by molar-refractivity contribution is 0.315. The molecular formula is C17H25N3S. The normalized spacial score (nSPS) is 11.5. The van der Waals surface area contributed by atoms with Crippen molar-refractivity contribution in [1.82, 2.24) is 15.2 Å². The summed E-state index contributed by atoms with van der Waals surface area (Å²) < 4.78 is 0. The van der Waals surface area contributed by atoms with E-state index in [1.165, 1.54) is 11.1 Å². The van der Waals surface area contributed by atoms with Crippen LogP contribution >= 0.6 is 11.3 Å². The third kappa shape index (κ3) is 5.96. The number of nitrogens with one attached hydrogen (secondary N) is 1. The van der Waals surface area contributed by atoms with Crippen LogP contribution in [0.5, 0.6) is 0 Å². The fraction of sp³-hybridized carbons (Fsp3) is 0.471. The van der Waals surface area contributed by atoms with Crippen molar-refractivity contribution in [2.45, 2.75) is 33.5 Å². The predicted octanol–water partition coefficient (Wildman–Crippen LogP) is 3.52. The van der Waals surface area contributed by atoms with E-state index in [0.29, 0.717) is 5.92 Å². The van der Waals surface area contributed by atoms with E-state index in [-0.39, 0.29) is 0 Å². The van der Waals surface area contributed by atoms with Crippen molar-refractivity contribution < 1.29 is 0 Å². The Kier molecular flexibility index (Phi) is 6.36. The van der Waals surface area contributed by atoms with Crippen LogP contribution in [-0.4, -0.2) is 23.5 Å². The molecule has 4 heteroatoms. The zero-order valence-electron chi connectivity index (χ0n) is 13.2. The first-order valence-corrected chi connectivity index (χ1v) is 8.42. The topological polar surface area (TPSA) is 28.2 Å². The van der Waals surface area contributed by atoms with Crippen LogP contribution in [0.15, 0.2) is 35.2 Å². The Labute approximate surface area is 132 Å². The minimum Gasteiger partial charge on any atom is -0.312 e. The predicted molar refractivity (Wildman–Crippen MR) is 90.3 cm³/mol. The molecule has 0 saturated carbocycles. The number of nitrogens with zero attached hydrogens (tertiary/aromatic N) is 2. The van der Waals surface area contributed by atoms with Gasteiger partial charge in [0.1, 0.15) is 0 Å².